The molecule has 4 rings (SSSR count). The quantitative estimate of drug-likeness (QED) is 0.306. The summed E-state index contributed by atoms with van der Waals surface area (Å²) >= 11 is 7.65. The third-order valence-corrected chi connectivity index (χ3v) is 7.08. The van der Waals surface area contributed by atoms with Crippen LogP contribution in [0.5, 0.6) is 11.5 Å². The first-order valence-corrected chi connectivity index (χ1v) is 12.8. The van der Waals surface area contributed by atoms with Crippen molar-refractivity contribution < 1.29 is 14.3 Å². The predicted octanol–water partition coefficient (Wildman–Crippen LogP) is 4.45. The minimum Gasteiger partial charge on any atom is -0.493 e. The number of aryl methyl sites for hydroxylation is 2. The summed E-state index contributed by atoms with van der Waals surface area (Å²) in [7, 11) is 3.21. The molecule has 0 radical (unpaired) electrons. The summed E-state index contributed by atoms with van der Waals surface area (Å²) in [6, 6.07) is 13.5. The summed E-state index contributed by atoms with van der Waals surface area (Å²) in [4.78, 5) is 21.5. The summed E-state index contributed by atoms with van der Waals surface area (Å²) in [5.41, 5.74) is 4.98. The third kappa shape index (κ3) is 5.91. The van der Waals surface area contributed by atoms with Gasteiger partial charge < -0.3 is 14.8 Å². The number of hydrogen-bond donors (Lipinski definition) is 1. The molecular weight excluding hydrogens is 498 g/mol. The fraction of sp³-hybridized carbons (Fsp3) is 0.308. The van der Waals surface area contributed by atoms with Gasteiger partial charge in [0.2, 0.25) is 11.1 Å². The van der Waals surface area contributed by atoms with Crippen LogP contribution in [0.1, 0.15) is 28.1 Å². The Morgan fingerprint density at radius 3 is 2.61 bits per heavy atom. The number of aromatic nitrogens is 4. The lowest BCUT2D eigenvalue weighted by molar-refractivity contribution is -0.118. The first-order valence-electron chi connectivity index (χ1n) is 11.5. The van der Waals surface area contributed by atoms with E-state index in [0.29, 0.717) is 41.8 Å². The topological polar surface area (TPSA) is 90.6 Å². The lowest BCUT2D eigenvalue weighted by Gasteiger charge is -2.11. The van der Waals surface area contributed by atoms with Crippen LogP contribution in [-0.4, -0.2) is 52.0 Å². The van der Waals surface area contributed by atoms with Gasteiger partial charge in [0.15, 0.2) is 11.5 Å². The molecule has 2 heterocycles. The number of benzene rings is 2. The largest absolute Gasteiger partial charge is 0.493 e. The molecule has 10 heteroatoms. The minimum atomic E-state index is -0.0837. The molecular formula is C26H28ClN5O3S. The van der Waals surface area contributed by atoms with Gasteiger partial charge in [0, 0.05) is 29.4 Å². The fourth-order valence-electron chi connectivity index (χ4n) is 3.90. The maximum absolute atomic E-state index is 12.4. The molecule has 0 saturated carbocycles. The van der Waals surface area contributed by atoms with Gasteiger partial charge in [0.25, 0.3) is 5.78 Å². The van der Waals surface area contributed by atoms with E-state index in [9.17, 15) is 4.79 Å². The van der Waals surface area contributed by atoms with Crippen LogP contribution in [0.25, 0.3) is 5.78 Å². The summed E-state index contributed by atoms with van der Waals surface area (Å²) in [6.45, 7) is 4.48. The van der Waals surface area contributed by atoms with Crippen molar-refractivity contribution in [2.75, 3.05) is 26.5 Å². The Kier molecular flexibility index (Phi) is 8.32. The highest BCUT2D eigenvalue weighted by Gasteiger charge is 2.16. The standard InChI is InChI=1S/C26H28ClN5O3S/c1-16-20(14-19-7-5-6-8-21(19)27)17(2)32-25(29-16)30-26(31-32)36-15-24(33)28-12-11-18-9-10-22(34-3)23(13-18)35-4/h5-10,13H,11-12,14-15H2,1-4H3,(H,28,33). The monoisotopic (exact) mass is 525 g/mol. The highest BCUT2D eigenvalue weighted by atomic mass is 35.5. The number of carbonyl (C=O) groups excluding carboxylic acids is 1. The van der Waals surface area contributed by atoms with Crippen molar-refractivity contribution in [2.45, 2.75) is 31.8 Å². The van der Waals surface area contributed by atoms with Gasteiger partial charge in [-0.1, -0.05) is 47.6 Å². The first-order chi connectivity index (χ1) is 17.4. The summed E-state index contributed by atoms with van der Waals surface area (Å²) in [5.74, 6) is 2.00. The molecule has 0 saturated heterocycles. The lowest BCUT2D eigenvalue weighted by atomic mass is 10.0. The van der Waals surface area contributed by atoms with Crippen molar-refractivity contribution in [2.24, 2.45) is 0 Å². The van der Waals surface area contributed by atoms with Crippen LogP contribution in [0.4, 0.5) is 0 Å². The van der Waals surface area contributed by atoms with Crippen LogP contribution in [-0.2, 0) is 17.6 Å². The second-order valence-corrected chi connectivity index (χ2v) is 9.56. The van der Waals surface area contributed by atoms with Crippen LogP contribution in [0, 0.1) is 13.8 Å². The van der Waals surface area contributed by atoms with Gasteiger partial charge in [-0.2, -0.15) is 4.98 Å². The average molecular weight is 526 g/mol. The minimum absolute atomic E-state index is 0.0837. The number of ether oxygens (including phenoxy) is 2. The molecule has 0 atom stereocenters. The number of carbonyl (C=O) groups is 1. The van der Waals surface area contributed by atoms with Gasteiger partial charge in [0.05, 0.1) is 20.0 Å². The molecule has 0 aliphatic rings. The first kappa shape index (κ1) is 25.8. The van der Waals surface area contributed by atoms with Gasteiger partial charge >= 0.3 is 0 Å². The van der Waals surface area contributed by atoms with Crippen molar-refractivity contribution >= 4 is 35.0 Å². The van der Waals surface area contributed by atoms with Crippen LogP contribution in [0.3, 0.4) is 0 Å². The summed E-state index contributed by atoms with van der Waals surface area (Å²) in [5, 5.41) is 8.76. The molecule has 2 aromatic carbocycles. The predicted molar refractivity (Wildman–Crippen MR) is 141 cm³/mol. The van der Waals surface area contributed by atoms with E-state index in [4.69, 9.17) is 21.1 Å². The maximum Gasteiger partial charge on any atom is 0.253 e. The van der Waals surface area contributed by atoms with E-state index >= 15 is 0 Å². The van der Waals surface area contributed by atoms with Gasteiger partial charge in [-0.05, 0) is 55.2 Å². The molecule has 0 spiro atoms. The molecule has 2 aromatic heterocycles. The highest BCUT2D eigenvalue weighted by molar-refractivity contribution is 7.99. The number of amides is 1. The van der Waals surface area contributed by atoms with Crippen LogP contribution >= 0.6 is 23.4 Å². The number of methoxy groups -OCH3 is 2. The molecule has 36 heavy (non-hydrogen) atoms. The lowest BCUT2D eigenvalue weighted by Crippen LogP contribution is -2.27. The van der Waals surface area contributed by atoms with Crippen molar-refractivity contribution in [3.8, 4) is 11.5 Å². The van der Waals surface area contributed by atoms with E-state index in [0.717, 1.165) is 33.1 Å². The van der Waals surface area contributed by atoms with E-state index < -0.39 is 0 Å². The highest BCUT2D eigenvalue weighted by Crippen LogP contribution is 2.28. The normalized spacial score (nSPS) is 11.0. The molecule has 0 aliphatic carbocycles. The molecule has 1 amide bonds. The zero-order chi connectivity index (χ0) is 25.7. The number of nitrogens with one attached hydrogen (secondary N) is 1. The molecule has 0 aliphatic heterocycles. The van der Waals surface area contributed by atoms with Gasteiger partial charge in [-0.25, -0.2) is 9.50 Å². The molecule has 4 aromatic rings. The van der Waals surface area contributed by atoms with Crippen molar-refractivity contribution in [1.82, 2.24) is 24.9 Å². The Balaban J connectivity index is 1.36. The molecule has 1 N–H and O–H groups in total. The van der Waals surface area contributed by atoms with Crippen LogP contribution < -0.4 is 14.8 Å². The van der Waals surface area contributed by atoms with Crippen molar-refractivity contribution in [3.63, 3.8) is 0 Å². The second-order valence-electron chi connectivity index (χ2n) is 8.21. The van der Waals surface area contributed by atoms with Crippen molar-refractivity contribution in [1.29, 1.82) is 0 Å². The van der Waals surface area contributed by atoms with Gasteiger partial charge in [0.1, 0.15) is 0 Å². The Morgan fingerprint density at radius 2 is 1.86 bits per heavy atom. The number of thioether (sulfide) groups is 1. The zero-order valence-electron chi connectivity index (χ0n) is 20.7. The SMILES string of the molecule is COc1ccc(CCNC(=O)CSc2nc3nc(C)c(Cc4ccccc4Cl)c(C)n3n2)cc1OC. The van der Waals surface area contributed by atoms with Crippen molar-refractivity contribution in [3.05, 3.63) is 75.6 Å². The second kappa shape index (κ2) is 11.6. The van der Waals surface area contributed by atoms with E-state index in [2.05, 4.69) is 20.4 Å². The Labute approximate surface area is 219 Å². The number of hydrogen-bond acceptors (Lipinski definition) is 7. The Morgan fingerprint density at radius 1 is 1.08 bits per heavy atom. The molecule has 188 valence electrons. The Hall–Kier alpha value is -3.30. The summed E-state index contributed by atoms with van der Waals surface area (Å²) < 4.78 is 12.3. The van der Waals surface area contributed by atoms with E-state index in [1.807, 2.05) is 56.3 Å². The van der Waals surface area contributed by atoms with Crippen LogP contribution in [0.2, 0.25) is 5.02 Å². The van der Waals surface area contributed by atoms with Gasteiger partial charge in [-0.3, -0.25) is 4.79 Å². The van der Waals surface area contributed by atoms with Gasteiger partial charge in [-0.15, -0.1) is 5.10 Å². The molecule has 0 unspecified atom stereocenters. The van der Waals surface area contributed by atoms with E-state index in [1.54, 1.807) is 18.7 Å². The summed E-state index contributed by atoms with van der Waals surface area (Å²) in [6.07, 6.45) is 1.34. The number of rotatable bonds is 10. The smallest absolute Gasteiger partial charge is 0.253 e. The maximum atomic E-state index is 12.4. The Bertz CT molecular complexity index is 1390. The molecule has 8 nitrogen and oxygen atoms in total. The number of fused-ring (bicyclic) bond motifs is 1. The average Bonchev–Trinajstić information content (AvgIpc) is 3.29. The number of halogens is 1. The number of nitrogens with zero attached hydrogens (tertiary/aromatic N) is 4. The van der Waals surface area contributed by atoms with E-state index in [-0.39, 0.29) is 11.7 Å². The molecule has 0 bridgehead atoms. The fourth-order valence-corrected chi connectivity index (χ4v) is 4.75. The zero-order valence-corrected chi connectivity index (χ0v) is 22.2. The van der Waals surface area contributed by atoms with Crippen LogP contribution in [0.15, 0.2) is 47.6 Å². The van der Waals surface area contributed by atoms with E-state index in [1.165, 1.54) is 11.8 Å². The third-order valence-electron chi connectivity index (χ3n) is 5.87. The molecule has 0 fully saturated rings.